The molecule has 3 nitrogen and oxygen atoms in total. The summed E-state index contributed by atoms with van der Waals surface area (Å²) in [6.45, 7) is 7.61. The molecule has 0 saturated heterocycles. The van der Waals surface area contributed by atoms with E-state index in [1.54, 1.807) is 0 Å². The lowest BCUT2D eigenvalue weighted by molar-refractivity contribution is 0.115. The van der Waals surface area contributed by atoms with Gasteiger partial charge in [-0.05, 0) is 25.8 Å². The van der Waals surface area contributed by atoms with E-state index in [1.807, 2.05) is 13.0 Å². The standard InChI is InChI=1S/C12H20N2O/c1-4-6-7-15-9-12-8-11(5-2)13-10(3)14-12/h8H,4-7,9H2,1-3H3. The number of hydrogen-bond donors (Lipinski definition) is 0. The zero-order valence-corrected chi connectivity index (χ0v) is 9.92. The van der Waals surface area contributed by atoms with Gasteiger partial charge in [0.15, 0.2) is 0 Å². The van der Waals surface area contributed by atoms with Gasteiger partial charge in [0.1, 0.15) is 5.82 Å². The summed E-state index contributed by atoms with van der Waals surface area (Å²) in [5.74, 6) is 0.837. The van der Waals surface area contributed by atoms with Crippen molar-refractivity contribution in [3.63, 3.8) is 0 Å². The molecule has 0 radical (unpaired) electrons. The average molecular weight is 208 g/mol. The normalized spacial score (nSPS) is 10.6. The van der Waals surface area contributed by atoms with Gasteiger partial charge in [0.2, 0.25) is 0 Å². The molecule has 0 unspecified atom stereocenters. The minimum atomic E-state index is 0.608. The summed E-state index contributed by atoms with van der Waals surface area (Å²) in [6, 6.07) is 2.03. The van der Waals surface area contributed by atoms with E-state index in [1.165, 1.54) is 6.42 Å². The molecule has 0 N–H and O–H groups in total. The van der Waals surface area contributed by atoms with Crippen LogP contribution in [0.1, 0.15) is 43.9 Å². The van der Waals surface area contributed by atoms with E-state index in [0.717, 1.165) is 36.7 Å². The minimum absolute atomic E-state index is 0.608. The monoisotopic (exact) mass is 208 g/mol. The van der Waals surface area contributed by atoms with Crippen LogP contribution in [0.4, 0.5) is 0 Å². The predicted octanol–water partition coefficient (Wildman–Crippen LogP) is 2.66. The van der Waals surface area contributed by atoms with Gasteiger partial charge in [-0.3, -0.25) is 0 Å². The number of aromatic nitrogens is 2. The molecule has 0 amide bonds. The number of rotatable bonds is 6. The van der Waals surface area contributed by atoms with Crippen molar-refractivity contribution in [1.82, 2.24) is 9.97 Å². The van der Waals surface area contributed by atoms with E-state index >= 15 is 0 Å². The Morgan fingerprint density at radius 1 is 1.20 bits per heavy atom. The molecule has 0 bridgehead atoms. The maximum Gasteiger partial charge on any atom is 0.125 e. The number of ether oxygens (including phenoxy) is 1. The van der Waals surface area contributed by atoms with Gasteiger partial charge < -0.3 is 4.74 Å². The third-order valence-corrected chi connectivity index (χ3v) is 2.20. The smallest absolute Gasteiger partial charge is 0.125 e. The van der Waals surface area contributed by atoms with E-state index in [-0.39, 0.29) is 0 Å². The first-order valence-corrected chi connectivity index (χ1v) is 5.67. The molecule has 15 heavy (non-hydrogen) atoms. The van der Waals surface area contributed by atoms with E-state index in [4.69, 9.17) is 4.74 Å². The van der Waals surface area contributed by atoms with Crippen LogP contribution in [0.15, 0.2) is 6.07 Å². The Morgan fingerprint density at radius 3 is 2.60 bits per heavy atom. The van der Waals surface area contributed by atoms with Crippen molar-refractivity contribution < 1.29 is 4.74 Å². The molecule has 1 heterocycles. The lowest BCUT2D eigenvalue weighted by atomic mass is 10.2. The van der Waals surface area contributed by atoms with E-state index < -0.39 is 0 Å². The van der Waals surface area contributed by atoms with Crippen LogP contribution in [0.3, 0.4) is 0 Å². The van der Waals surface area contributed by atoms with Crippen molar-refractivity contribution in [2.45, 2.75) is 46.6 Å². The van der Waals surface area contributed by atoms with Crippen molar-refractivity contribution in [1.29, 1.82) is 0 Å². The topological polar surface area (TPSA) is 35.0 Å². The molecule has 0 atom stereocenters. The van der Waals surface area contributed by atoms with Crippen LogP contribution in [-0.2, 0) is 17.8 Å². The summed E-state index contributed by atoms with van der Waals surface area (Å²) < 4.78 is 5.52. The summed E-state index contributed by atoms with van der Waals surface area (Å²) >= 11 is 0. The molecular weight excluding hydrogens is 188 g/mol. The first-order valence-electron chi connectivity index (χ1n) is 5.67. The number of hydrogen-bond acceptors (Lipinski definition) is 3. The Hall–Kier alpha value is -0.960. The van der Waals surface area contributed by atoms with Crippen molar-refractivity contribution in [2.24, 2.45) is 0 Å². The third-order valence-electron chi connectivity index (χ3n) is 2.20. The second-order valence-electron chi connectivity index (χ2n) is 3.66. The number of nitrogens with zero attached hydrogens (tertiary/aromatic N) is 2. The Kier molecular flexibility index (Phi) is 5.26. The molecule has 0 fully saturated rings. The molecule has 0 aliphatic carbocycles. The van der Waals surface area contributed by atoms with Gasteiger partial charge in [-0.15, -0.1) is 0 Å². The molecule has 3 heteroatoms. The zero-order chi connectivity index (χ0) is 11.1. The van der Waals surface area contributed by atoms with Crippen molar-refractivity contribution in [3.8, 4) is 0 Å². The highest BCUT2D eigenvalue weighted by Crippen LogP contribution is 2.04. The first-order chi connectivity index (χ1) is 7.26. The van der Waals surface area contributed by atoms with Crippen LogP contribution < -0.4 is 0 Å². The summed E-state index contributed by atoms with van der Waals surface area (Å²) in [6.07, 6.45) is 3.24. The van der Waals surface area contributed by atoms with Crippen LogP contribution in [0.2, 0.25) is 0 Å². The molecular formula is C12H20N2O. The van der Waals surface area contributed by atoms with Gasteiger partial charge in [-0.25, -0.2) is 9.97 Å². The van der Waals surface area contributed by atoms with Gasteiger partial charge in [-0.2, -0.15) is 0 Å². The van der Waals surface area contributed by atoms with Crippen LogP contribution >= 0.6 is 0 Å². The third kappa shape index (κ3) is 4.38. The van der Waals surface area contributed by atoms with Gasteiger partial charge in [-0.1, -0.05) is 20.3 Å². The Morgan fingerprint density at radius 2 is 1.93 bits per heavy atom. The van der Waals surface area contributed by atoms with E-state index in [9.17, 15) is 0 Å². The minimum Gasteiger partial charge on any atom is -0.375 e. The van der Waals surface area contributed by atoms with Crippen LogP contribution in [0.25, 0.3) is 0 Å². The molecule has 0 aliphatic heterocycles. The summed E-state index contributed by atoms with van der Waals surface area (Å²) in [5, 5.41) is 0. The first kappa shape index (κ1) is 12.1. The summed E-state index contributed by atoms with van der Waals surface area (Å²) in [7, 11) is 0. The van der Waals surface area contributed by atoms with Crippen molar-refractivity contribution in [3.05, 3.63) is 23.3 Å². The van der Waals surface area contributed by atoms with Crippen LogP contribution in [0, 0.1) is 6.92 Å². The fourth-order valence-electron chi connectivity index (χ4n) is 1.38. The lowest BCUT2D eigenvalue weighted by Crippen LogP contribution is -2.02. The quantitative estimate of drug-likeness (QED) is 0.674. The lowest BCUT2D eigenvalue weighted by Gasteiger charge is -2.05. The molecule has 0 saturated carbocycles. The second kappa shape index (κ2) is 6.51. The molecule has 0 spiro atoms. The summed E-state index contributed by atoms with van der Waals surface area (Å²) in [4.78, 5) is 8.67. The van der Waals surface area contributed by atoms with Crippen molar-refractivity contribution in [2.75, 3.05) is 6.61 Å². The largest absolute Gasteiger partial charge is 0.375 e. The Labute approximate surface area is 91.9 Å². The Balaban J connectivity index is 2.49. The maximum atomic E-state index is 5.52. The summed E-state index contributed by atoms with van der Waals surface area (Å²) in [5.41, 5.74) is 2.09. The fraction of sp³-hybridized carbons (Fsp3) is 0.667. The van der Waals surface area contributed by atoms with Gasteiger partial charge >= 0.3 is 0 Å². The SMILES string of the molecule is CCCCOCc1cc(CC)nc(C)n1. The second-order valence-corrected chi connectivity index (χ2v) is 3.66. The van der Waals surface area contributed by atoms with E-state index in [0.29, 0.717) is 6.61 Å². The van der Waals surface area contributed by atoms with Gasteiger partial charge in [0, 0.05) is 12.3 Å². The number of unbranched alkanes of at least 4 members (excludes halogenated alkanes) is 1. The predicted molar refractivity (Wildman–Crippen MR) is 60.7 cm³/mol. The van der Waals surface area contributed by atoms with Crippen molar-refractivity contribution >= 4 is 0 Å². The highest BCUT2D eigenvalue weighted by molar-refractivity contribution is 5.10. The zero-order valence-electron chi connectivity index (χ0n) is 9.92. The highest BCUT2D eigenvalue weighted by atomic mass is 16.5. The molecule has 1 rings (SSSR count). The van der Waals surface area contributed by atoms with Gasteiger partial charge in [0.25, 0.3) is 0 Å². The van der Waals surface area contributed by atoms with Crippen LogP contribution in [0.5, 0.6) is 0 Å². The molecule has 0 aliphatic rings. The average Bonchev–Trinajstić information content (AvgIpc) is 2.23. The maximum absolute atomic E-state index is 5.52. The van der Waals surface area contributed by atoms with E-state index in [2.05, 4.69) is 23.8 Å². The molecule has 84 valence electrons. The number of aryl methyl sites for hydroxylation is 2. The van der Waals surface area contributed by atoms with Crippen LogP contribution in [-0.4, -0.2) is 16.6 Å². The highest BCUT2D eigenvalue weighted by Gasteiger charge is 2.00. The molecule has 1 aromatic rings. The van der Waals surface area contributed by atoms with Gasteiger partial charge in [0.05, 0.1) is 12.3 Å². The Bertz CT molecular complexity index is 300. The molecule has 1 aromatic heterocycles. The fourth-order valence-corrected chi connectivity index (χ4v) is 1.38. The molecule has 0 aromatic carbocycles.